The maximum Gasteiger partial charge on any atom is 0.407 e. The third kappa shape index (κ3) is 3.87. The van der Waals surface area contributed by atoms with Gasteiger partial charge < -0.3 is 19.5 Å². The molecule has 1 fully saturated rings. The highest BCUT2D eigenvalue weighted by molar-refractivity contribution is 7.14. The number of carbonyl (C=O) groups is 2. The van der Waals surface area contributed by atoms with Crippen molar-refractivity contribution in [3.8, 4) is 5.75 Å². The molecular weight excluding hydrogens is 294 g/mol. The lowest BCUT2D eigenvalue weighted by atomic mass is 9.98. The number of ether oxygens (including phenoxy) is 2. The van der Waals surface area contributed by atoms with E-state index in [1.165, 1.54) is 23.3 Å². The first-order valence-electron chi connectivity index (χ1n) is 6.80. The van der Waals surface area contributed by atoms with Crippen LogP contribution in [0.5, 0.6) is 5.75 Å². The highest BCUT2D eigenvalue weighted by atomic mass is 32.1. The van der Waals surface area contributed by atoms with Crippen LogP contribution in [0.3, 0.4) is 0 Å². The molecule has 0 aliphatic carbocycles. The molecule has 0 radical (unpaired) electrons. The summed E-state index contributed by atoms with van der Waals surface area (Å²) in [6, 6.07) is 1.84. The van der Waals surface area contributed by atoms with Crippen molar-refractivity contribution in [2.75, 3.05) is 26.8 Å². The van der Waals surface area contributed by atoms with Crippen molar-refractivity contribution in [2.24, 2.45) is 5.92 Å². The Bertz CT molecular complexity index is 519. The Hall–Kier alpha value is -1.76. The summed E-state index contributed by atoms with van der Waals surface area (Å²) >= 11 is 1.35. The number of aryl methyl sites for hydroxylation is 1. The molecule has 1 aliphatic heterocycles. The quantitative estimate of drug-likeness (QED) is 0.865. The normalized spacial score (nSPS) is 15.8. The van der Waals surface area contributed by atoms with E-state index in [1.807, 2.05) is 13.0 Å². The number of carboxylic acid groups (broad SMARTS) is 1. The zero-order valence-corrected chi connectivity index (χ0v) is 12.9. The number of nitrogens with zero attached hydrogens (tertiary/aromatic N) is 1. The molecule has 1 aliphatic rings. The van der Waals surface area contributed by atoms with E-state index >= 15 is 0 Å². The van der Waals surface area contributed by atoms with Crippen LogP contribution in [-0.2, 0) is 4.74 Å². The fraction of sp³-hybridized carbons (Fsp3) is 0.571. The van der Waals surface area contributed by atoms with E-state index in [9.17, 15) is 9.59 Å². The average molecular weight is 313 g/mol. The topological polar surface area (TPSA) is 76.1 Å². The van der Waals surface area contributed by atoms with Crippen LogP contribution in [0.4, 0.5) is 4.79 Å². The summed E-state index contributed by atoms with van der Waals surface area (Å²) in [6.07, 6.45) is 0.696. The highest BCUT2D eigenvalue weighted by Crippen LogP contribution is 2.30. The van der Waals surface area contributed by atoms with Crippen LogP contribution in [0.25, 0.3) is 0 Å². The molecule has 0 aromatic carbocycles. The van der Waals surface area contributed by atoms with Gasteiger partial charge in [-0.3, -0.25) is 0 Å². The summed E-state index contributed by atoms with van der Waals surface area (Å²) in [5.41, 5.74) is 0. The van der Waals surface area contributed by atoms with Gasteiger partial charge >= 0.3 is 12.1 Å². The van der Waals surface area contributed by atoms with Gasteiger partial charge in [0.25, 0.3) is 0 Å². The standard InChI is InChI=1S/C14H19NO5S/c1-9-7-11(12(21-9)13(16)19-2)20-8-10-3-5-15(6-4-10)14(17)18/h7,10H,3-6,8H2,1-2H3,(H,17,18). The van der Waals surface area contributed by atoms with E-state index in [0.717, 1.165) is 17.7 Å². The first kappa shape index (κ1) is 15.6. The van der Waals surface area contributed by atoms with Crippen LogP contribution in [-0.4, -0.2) is 48.9 Å². The molecule has 0 atom stereocenters. The SMILES string of the molecule is COC(=O)c1sc(C)cc1OCC1CCN(C(=O)O)CC1. The summed E-state index contributed by atoms with van der Waals surface area (Å²) in [6.45, 7) is 3.48. The summed E-state index contributed by atoms with van der Waals surface area (Å²) in [5.74, 6) is 0.486. The number of hydrogen-bond donors (Lipinski definition) is 1. The first-order chi connectivity index (χ1) is 10.0. The minimum Gasteiger partial charge on any atom is -0.491 e. The predicted molar refractivity (Wildman–Crippen MR) is 78.2 cm³/mol. The van der Waals surface area contributed by atoms with Gasteiger partial charge in [-0.05, 0) is 31.7 Å². The van der Waals surface area contributed by atoms with Crippen molar-refractivity contribution in [3.05, 3.63) is 15.8 Å². The van der Waals surface area contributed by atoms with Crippen molar-refractivity contribution >= 4 is 23.4 Å². The zero-order valence-electron chi connectivity index (χ0n) is 12.1. The van der Waals surface area contributed by atoms with Gasteiger partial charge in [0, 0.05) is 18.0 Å². The van der Waals surface area contributed by atoms with Gasteiger partial charge in [0.15, 0.2) is 4.88 Å². The average Bonchev–Trinajstić information content (AvgIpc) is 2.85. The second-order valence-corrected chi connectivity index (χ2v) is 6.32. The monoisotopic (exact) mass is 313 g/mol. The molecule has 2 heterocycles. The smallest absolute Gasteiger partial charge is 0.407 e. The molecule has 0 saturated carbocycles. The second-order valence-electron chi connectivity index (χ2n) is 5.07. The Morgan fingerprint density at radius 2 is 2.10 bits per heavy atom. The number of rotatable bonds is 4. The minimum atomic E-state index is -0.865. The fourth-order valence-corrected chi connectivity index (χ4v) is 3.20. The molecule has 0 unspecified atom stereocenters. The molecule has 2 rings (SSSR count). The lowest BCUT2D eigenvalue weighted by Crippen LogP contribution is -2.38. The summed E-state index contributed by atoms with van der Waals surface area (Å²) in [5, 5.41) is 8.90. The number of hydrogen-bond acceptors (Lipinski definition) is 5. The number of likely N-dealkylation sites (tertiary alicyclic amines) is 1. The van der Waals surface area contributed by atoms with Crippen LogP contribution in [0.2, 0.25) is 0 Å². The van der Waals surface area contributed by atoms with Gasteiger partial charge in [0.1, 0.15) is 5.75 Å². The van der Waals surface area contributed by atoms with Gasteiger partial charge in [-0.1, -0.05) is 0 Å². The number of amides is 1. The number of esters is 1. The van der Waals surface area contributed by atoms with Crippen LogP contribution in [0.1, 0.15) is 27.4 Å². The molecule has 0 spiro atoms. The van der Waals surface area contributed by atoms with E-state index in [0.29, 0.717) is 36.2 Å². The molecule has 6 nitrogen and oxygen atoms in total. The minimum absolute atomic E-state index is 0.311. The van der Waals surface area contributed by atoms with Crippen LogP contribution in [0.15, 0.2) is 6.07 Å². The summed E-state index contributed by atoms with van der Waals surface area (Å²) < 4.78 is 10.5. The van der Waals surface area contributed by atoms with Gasteiger partial charge in [0.2, 0.25) is 0 Å². The Labute approximate surface area is 127 Å². The van der Waals surface area contributed by atoms with E-state index < -0.39 is 6.09 Å². The molecule has 1 amide bonds. The van der Waals surface area contributed by atoms with E-state index in [1.54, 1.807) is 0 Å². The van der Waals surface area contributed by atoms with Gasteiger partial charge in [0.05, 0.1) is 13.7 Å². The van der Waals surface area contributed by atoms with Gasteiger partial charge in [-0.25, -0.2) is 9.59 Å². The number of piperidine rings is 1. The van der Waals surface area contributed by atoms with Crippen molar-refractivity contribution in [1.29, 1.82) is 0 Å². The van der Waals surface area contributed by atoms with Crippen molar-refractivity contribution < 1.29 is 24.2 Å². The Morgan fingerprint density at radius 1 is 1.43 bits per heavy atom. The van der Waals surface area contributed by atoms with Crippen molar-refractivity contribution in [2.45, 2.75) is 19.8 Å². The Balaban J connectivity index is 1.89. The van der Waals surface area contributed by atoms with Gasteiger partial charge in [-0.15, -0.1) is 11.3 Å². The molecular formula is C14H19NO5S. The molecule has 1 N–H and O–H groups in total. The maximum atomic E-state index is 11.7. The molecule has 1 saturated heterocycles. The second kappa shape index (κ2) is 6.80. The van der Waals surface area contributed by atoms with Crippen molar-refractivity contribution in [3.63, 3.8) is 0 Å². The number of thiophene rings is 1. The molecule has 21 heavy (non-hydrogen) atoms. The van der Waals surface area contributed by atoms with E-state index in [-0.39, 0.29) is 5.97 Å². The lowest BCUT2D eigenvalue weighted by Gasteiger charge is -2.29. The Morgan fingerprint density at radius 3 is 2.67 bits per heavy atom. The molecule has 1 aromatic heterocycles. The molecule has 0 bridgehead atoms. The fourth-order valence-electron chi connectivity index (χ4n) is 2.33. The lowest BCUT2D eigenvalue weighted by molar-refractivity contribution is 0.0599. The number of carbonyl (C=O) groups excluding carboxylic acids is 1. The zero-order chi connectivity index (χ0) is 15.4. The predicted octanol–water partition coefficient (Wildman–Crippen LogP) is 2.61. The van der Waals surface area contributed by atoms with Crippen LogP contribution in [0, 0.1) is 12.8 Å². The number of methoxy groups -OCH3 is 1. The van der Waals surface area contributed by atoms with Crippen LogP contribution < -0.4 is 4.74 Å². The molecule has 1 aromatic rings. The third-order valence-corrected chi connectivity index (χ3v) is 4.56. The molecule has 7 heteroatoms. The Kier molecular flexibility index (Phi) is 5.06. The van der Waals surface area contributed by atoms with Gasteiger partial charge in [-0.2, -0.15) is 0 Å². The highest BCUT2D eigenvalue weighted by Gasteiger charge is 2.24. The van der Waals surface area contributed by atoms with Crippen LogP contribution >= 0.6 is 11.3 Å². The molecule has 116 valence electrons. The van der Waals surface area contributed by atoms with E-state index in [2.05, 4.69) is 0 Å². The third-order valence-electron chi connectivity index (χ3n) is 3.55. The first-order valence-corrected chi connectivity index (χ1v) is 7.62. The summed E-state index contributed by atoms with van der Waals surface area (Å²) in [7, 11) is 1.35. The summed E-state index contributed by atoms with van der Waals surface area (Å²) in [4.78, 5) is 25.4. The largest absolute Gasteiger partial charge is 0.491 e. The van der Waals surface area contributed by atoms with E-state index in [4.69, 9.17) is 14.6 Å². The van der Waals surface area contributed by atoms with Crippen molar-refractivity contribution in [1.82, 2.24) is 4.90 Å². The maximum absolute atomic E-state index is 11.7.